The van der Waals surface area contributed by atoms with Gasteiger partial charge in [-0.15, -0.1) is 10.2 Å². The molecule has 0 saturated carbocycles. The minimum Gasteiger partial charge on any atom is -0.471 e. The highest BCUT2D eigenvalue weighted by Crippen LogP contribution is 2.19. The molecular weight excluding hydrogens is 298 g/mol. The van der Waals surface area contributed by atoms with Crippen LogP contribution < -0.4 is 9.64 Å². The topological polar surface area (TPSA) is 71.0 Å². The van der Waals surface area contributed by atoms with E-state index >= 15 is 0 Å². The van der Waals surface area contributed by atoms with Crippen LogP contribution in [-0.4, -0.2) is 85.6 Å². The predicted molar refractivity (Wildman–Crippen MR) is 84.8 cm³/mol. The minimum atomic E-state index is -0.0282. The van der Waals surface area contributed by atoms with Gasteiger partial charge >= 0.3 is 6.03 Å². The van der Waals surface area contributed by atoms with Crippen LogP contribution in [0.1, 0.15) is 6.42 Å². The predicted octanol–water partition coefficient (Wildman–Crippen LogP) is 0.448. The average molecular weight is 321 g/mol. The SMILES string of the molecule is CN(C)c1ccc(O[C@H]2CCN(C(=O)N3CCOCC3)C2)nn1. The highest BCUT2D eigenvalue weighted by Gasteiger charge is 2.31. The summed E-state index contributed by atoms with van der Waals surface area (Å²) in [5, 5.41) is 8.17. The Morgan fingerprint density at radius 3 is 2.65 bits per heavy atom. The number of urea groups is 1. The van der Waals surface area contributed by atoms with Gasteiger partial charge in [0.15, 0.2) is 5.82 Å². The minimum absolute atomic E-state index is 0.0282. The molecule has 1 atom stereocenters. The number of aromatic nitrogens is 2. The van der Waals surface area contributed by atoms with E-state index in [2.05, 4.69) is 10.2 Å². The number of rotatable bonds is 3. The van der Waals surface area contributed by atoms with Gasteiger partial charge in [0.2, 0.25) is 5.88 Å². The van der Waals surface area contributed by atoms with Crippen LogP contribution in [0.5, 0.6) is 5.88 Å². The molecule has 2 aliphatic rings. The Kier molecular flexibility index (Phi) is 4.80. The smallest absolute Gasteiger partial charge is 0.320 e. The maximum atomic E-state index is 12.4. The zero-order valence-electron chi connectivity index (χ0n) is 13.6. The molecule has 2 saturated heterocycles. The maximum Gasteiger partial charge on any atom is 0.320 e. The van der Waals surface area contributed by atoms with E-state index in [4.69, 9.17) is 9.47 Å². The van der Waals surface area contributed by atoms with Gasteiger partial charge < -0.3 is 24.2 Å². The van der Waals surface area contributed by atoms with Crippen molar-refractivity contribution >= 4 is 11.8 Å². The van der Waals surface area contributed by atoms with Crippen molar-refractivity contribution < 1.29 is 14.3 Å². The number of likely N-dealkylation sites (tertiary alicyclic amines) is 1. The van der Waals surface area contributed by atoms with Crippen LogP contribution in [0.2, 0.25) is 0 Å². The molecule has 0 unspecified atom stereocenters. The highest BCUT2D eigenvalue weighted by atomic mass is 16.5. The lowest BCUT2D eigenvalue weighted by atomic mass is 10.3. The summed E-state index contributed by atoms with van der Waals surface area (Å²) in [6.45, 7) is 3.87. The lowest BCUT2D eigenvalue weighted by Crippen LogP contribution is -2.47. The van der Waals surface area contributed by atoms with Crippen LogP contribution in [0.15, 0.2) is 12.1 Å². The number of anilines is 1. The zero-order valence-corrected chi connectivity index (χ0v) is 13.6. The number of amides is 2. The molecule has 0 aromatic carbocycles. The first-order chi connectivity index (χ1) is 11.1. The maximum absolute atomic E-state index is 12.4. The Bertz CT molecular complexity index is 530. The van der Waals surface area contributed by atoms with Gasteiger partial charge in [-0.1, -0.05) is 0 Å². The van der Waals surface area contributed by atoms with Crippen LogP contribution in [0.4, 0.5) is 10.6 Å². The number of nitrogens with zero attached hydrogens (tertiary/aromatic N) is 5. The first kappa shape index (κ1) is 15.8. The van der Waals surface area contributed by atoms with Gasteiger partial charge in [0, 0.05) is 46.2 Å². The average Bonchev–Trinajstić information content (AvgIpc) is 3.04. The van der Waals surface area contributed by atoms with Crippen molar-refractivity contribution in [3.8, 4) is 5.88 Å². The Balaban J connectivity index is 1.52. The summed E-state index contributed by atoms with van der Waals surface area (Å²) < 4.78 is 11.1. The molecule has 2 fully saturated rings. The number of morpholine rings is 1. The molecule has 3 rings (SSSR count). The second kappa shape index (κ2) is 6.99. The van der Waals surface area contributed by atoms with E-state index in [9.17, 15) is 4.79 Å². The van der Waals surface area contributed by atoms with Gasteiger partial charge in [-0.25, -0.2) is 4.79 Å². The van der Waals surface area contributed by atoms with E-state index in [-0.39, 0.29) is 12.1 Å². The standard InChI is InChI=1S/C15H23N5O3/c1-18(2)13-3-4-14(17-16-13)23-12-5-6-20(11-12)15(21)19-7-9-22-10-8-19/h3-4,12H,5-11H2,1-2H3/t12-/m0/s1. The van der Waals surface area contributed by atoms with E-state index < -0.39 is 0 Å². The molecule has 8 nitrogen and oxygen atoms in total. The lowest BCUT2D eigenvalue weighted by molar-refractivity contribution is 0.0443. The molecule has 0 spiro atoms. The van der Waals surface area contributed by atoms with Crippen molar-refractivity contribution in [1.29, 1.82) is 0 Å². The van der Waals surface area contributed by atoms with Crippen LogP contribution in [-0.2, 0) is 4.74 Å². The van der Waals surface area contributed by atoms with Gasteiger partial charge in [0.1, 0.15) is 6.10 Å². The fraction of sp³-hybridized carbons (Fsp3) is 0.667. The second-order valence-electron chi connectivity index (χ2n) is 5.98. The van der Waals surface area contributed by atoms with E-state index in [0.29, 0.717) is 45.3 Å². The molecule has 0 aliphatic carbocycles. The number of hydrogen-bond donors (Lipinski definition) is 0. The number of carbonyl (C=O) groups excluding carboxylic acids is 1. The Labute approximate surface area is 136 Å². The first-order valence-electron chi connectivity index (χ1n) is 7.93. The third-order valence-electron chi connectivity index (χ3n) is 4.07. The van der Waals surface area contributed by atoms with Crippen LogP contribution in [0, 0.1) is 0 Å². The summed E-state index contributed by atoms with van der Waals surface area (Å²) in [7, 11) is 3.83. The summed E-state index contributed by atoms with van der Waals surface area (Å²) >= 11 is 0. The monoisotopic (exact) mass is 321 g/mol. The zero-order chi connectivity index (χ0) is 16.2. The van der Waals surface area contributed by atoms with Crippen LogP contribution >= 0.6 is 0 Å². The highest BCUT2D eigenvalue weighted by molar-refractivity contribution is 5.75. The summed E-state index contributed by atoms with van der Waals surface area (Å²) in [6, 6.07) is 3.76. The van der Waals surface area contributed by atoms with Gasteiger partial charge in [-0.3, -0.25) is 0 Å². The van der Waals surface area contributed by atoms with Gasteiger partial charge in [0.25, 0.3) is 0 Å². The van der Waals surface area contributed by atoms with Gasteiger partial charge in [-0.05, 0) is 6.07 Å². The van der Waals surface area contributed by atoms with Crippen LogP contribution in [0.25, 0.3) is 0 Å². The molecule has 126 valence electrons. The summed E-state index contributed by atoms with van der Waals surface area (Å²) in [5.74, 6) is 1.29. The van der Waals surface area contributed by atoms with Gasteiger partial charge in [0.05, 0.1) is 19.8 Å². The largest absolute Gasteiger partial charge is 0.471 e. The molecule has 1 aromatic rings. The second-order valence-corrected chi connectivity index (χ2v) is 5.98. The van der Waals surface area contributed by atoms with Gasteiger partial charge in [-0.2, -0.15) is 0 Å². The quantitative estimate of drug-likeness (QED) is 0.805. The molecule has 3 heterocycles. The van der Waals surface area contributed by atoms with Crippen molar-refractivity contribution in [3.63, 3.8) is 0 Å². The van der Waals surface area contributed by atoms with Crippen molar-refractivity contribution in [2.45, 2.75) is 12.5 Å². The fourth-order valence-corrected chi connectivity index (χ4v) is 2.74. The molecule has 8 heteroatoms. The Morgan fingerprint density at radius 2 is 2.00 bits per heavy atom. The summed E-state index contributed by atoms with van der Waals surface area (Å²) in [6.07, 6.45) is 0.784. The summed E-state index contributed by atoms with van der Waals surface area (Å²) in [5.41, 5.74) is 0. The van der Waals surface area contributed by atoms with Crippen molar-refractivity contribution in [2.75, 3.05) is 58.4 Å². The molecule has 0 radical (unpaired) electrons. The number of carbonyl (C=O) groups is 1. The Morgan fingerprint density at radius 1 is 1.22 bits per heavy atom. The molecule has 2 amide bonds. The molecule has 1 aromatic heterocycles. The number of hydrogen-bond acceptors (Lipinski definition) is 6. The van der Waals surface area contributed by atoms with Crippen LogP contribution in [0.3, 0.4) is 0 Å². The summed E-state index contributed by atoms with van der Waals surface area (Å²) in [4.78, 5) is 18.0. The van der Waals surface area contributed by atoms with E-state index in [1.807, 2.05) is 40.9 Å². The van der Waals surface area contributed by atoms with E-state index in [0.717, 1.165) is 12.2 Å². The normalized spacial score (nSPS) is 21.4. The fourth-order valence-electron chi connectivity index (χ4n) is 2.74. The number of ether oxygens (including phenoxy) is 2. The molecule has 2 aliphatic heterocycles. The van der Waals surface area contributed by atoms with Crippen molar-refractivity contribution in [1.82, 2.24) is 20.0 Å². The third kappa shape index (κ3) is 3.82. The first-order valence-corrected chi connectivity index (χ1v) is 7.93. The lowest BCUT2D eigenvalue weighted by Gasteiger charge is -2.30. The molecule has 0 bridgehead atoms. The van der Waals surface area contributed by atoms with Crippen molar-refractivity contribution in [2.24, 2.45) is 0 Å². The molecular formula is C15H23N5O3. The molecule has 23 heavy (non-hydrogen) atoms. The molecule has 0 N–H and O–H groups in total. The third-order valence-corrected chi connectivity index (χ3v) is 4.07. The Hall–Kier alpha value is -2.09. The van der Waals surface area contributed by atoms with E-state index in [1.54, 1.807) is 0 Å². The van der Waals surface area contributed by atoms with E-state index in [1.165, 1.54) is 0 Å². The van der Waals surface area contributed by atoms with Crippen molar-refractivity contribution in [3.05, 3.63) is 12.1 Å².